The first kappa shape index (κ1) is 20.1. The normalized spacial score (nSPS) is 19.2. The number of H-pyrrole nitrogens is 1. The van der Waals surface area contributed by atoms with Gasteiger partial charge in [0.25, 0.3) is 11.5 Å². The van der Waals surface area contributed by atoms with Crippen LogP contribution in [0.1, 0.15) is 51.1 Å². The summed E-state index contributed by atoms with van der Waals surface area (Å²) in [7, 11) is 0. The average molecular weight is 436 g/mol. The summed E-state index contributed by atoms with van der Waals surface area (Å²) in [5.41, 5.74) is 2.62. The van der Waals surface area contributed by atoms with Gasteiger partial charge in [0.05, 0.1) is 22.7 Å². The monoisotopic (exact) mass is 435 g/mol. The number of likely N-dealkylation sites (tertiary alicyclic amines) is 1. The Kier molecular flexibility index (Phi) is 5.65. The molecule has 160 valence electrons. The van der Waals surface area contributed by atoms with Crippen molar-refractivity contribution in [1.82, 2.24) is 24.8 Å². The lowest BCUT2D eigenvalue weighted by Gasteiger charge is -2.33. The molecule has 0 aromatic carbocycles. The molecule has 1 saturated heterocycles. The van der Waals surface area contributed by atoms with Crippen LogP contribution in [0.3, 0.4) is 0 Å². The minimum Gasteiger partial charge on any atom is -0.333 e. The SMILES string of the molecule is O=C(c1cccs1)N1CCc2nc([C@@H]3CCCN(Cc4ccncc4)C3)[nH]c(=O)c2C1. The van der Waals surface area contributed by atoms with Crippen LogP contribution in [0.4, 0.5) is 0 Å². The van der Waals surface area contributed by atoms with Crippen LogP contribution >= 0.6 is 11.3 Å². The van der Waals surface area contributed by atoms with E-state index in [0.29, 0.717) is 30.0 Å². The molecule has 3 aromatic rings. The van der Waals surface area contributed by atoms with Crippen LogP contribution in [0.25, 0.3) is 0 Å². The Morgan fingerprint density at radius 2 is 2.10 bits per heavy atom. The largest absolute Gasteiger partial charge is 0.333 e. The van der Waals surface area contributed by atoms with E-state index in [9.17, 15) is 9.59 Å². The second kappa shape index (κ2) is 8.72. The molecule has 3 aromatic heterocycles. The summed E-state index contributed by atoms with van der Waals surface area (Å²) >= 11 is 1.43. The number of carbonyl (C=O) groups is 1. The summed E-state index contributed by atoms with van der Waals surface area (Å²) in [6.45, 7) is 3.74. The molecular formula is C23H25N5O2S. The molecule has 2 aliphatic rings. The molecule has 0 unspecified atom stereocenters. The number of piperidine rings is 1. The van der Waals surface area contributed by atoms with Crippen molar-refractivity contribution in [2.45, 2.75) is 38.3 Å². The van der Waals surface area contributed by atoms with Gasteiger partial charge in [-0.05, 0) is 48.5 Å². The lowest BCUT2D eigenvalue weighted by molar-refractivity contribution is 0.0737. The number of rotatable bonds is 4. The Labute approximate surface area is 184 Å². The summed E-state index contributed by atoms with van der Waals surface area (Å²) in [6, 6.07) is 7.80. The van der Waals surface area contributed by atoms with Gasteiger partial charge in [0.1, 0.15) is 5.82 Å². The predicted octanol–water partition coefficient (Wildman–Crippen LogP) is 2.80. The third-order valence-corrected chi connectivity index (χ3v) is 7.01. The van der Waals surface area contributed by atoms with Gasteiger partial charge in [-0.25, -0.2) is 4.98 Å². The van der Waals surface area contributed by atoms with Crippen molar-refractivity contribution in [2.24, 2.45) is 0 Å². The molecule has 5 rings (SSSR count). The van der Waals surface area contributed by atoms with E-state index in [1.165, 1.54) is 16.9 Å². The molecule has 5 heterocycles. The number of fused-ring (bicyclic) bond motifs is 1. The first-order valence-corrected chi connectivity index (χ1v) is 11.6. The van der Waals surface area contributed by atoms with Gasteiger partial charge in [-0.1, -0.05) is 6.07 Å². The maximum absolute atomic E-state index is 12.9. The van der Waals surface area contributed by atoms with Crippen molar-refractivity contribution >= 4 is 17.2 Å². The zero-order chi connectivity index (χ0) is 21.2. The van der Waals surface area contributed by atoms with Crippen LogP contribution in [0.2, 0.25) is 0 Å². The number of thiophene rings is 1. The van der Waals surface area contributed by atoms with E-state index < -0.39 is 0 Å². The second-order valence-electron chi connectivity index (χ2n) is 8.26. The van der Waals surface area contributed by atoms with Crippen molar-refractivity contribution in [3.05, 3.63) is 79.9 Å². The van der Waals surface area contributed by atoms with Gasteiger partial charge in [0, 0.05) is 44.4 Å². The second-order valence-corrected chi connectivity index (χ2v) is 9.21. The highest BCUT2D eigenvalue weighted by Gasteiger charge is 2.28. The van der Waals surface area contributed by atoms with Crippen molar-refractivity contribution < 1.29 is 4.79 Å². The summed E-state index contributed by atoms with van der Waals surface area (Å²) in [5.74, 6) is 1.00. The fraction of sp³-hybridized carbons (Fsp3) is 0.391. The van der Waals surface area contributed by atoms with Crippen molar-refractivity contribution in [3.63, 3.8) is 0 Å². The maximum atomic E-state index is 12.9. The molecule has 31 heavy (non-hydrogen) atoms. The standard InChI is InChI=1S/C23H25N5O2S/c29-22-18-15-28(23(30)20-4-2-12-31-20)11-7-19(18)25-21(26-22)17-3-1-10-27(14-17)13-16-5-8-24-9-6-16/h2,4-6,8-9,12,17H,1,3,7,10-11,13-15H2,(H,25,26,29)/t17-/m1/s1. The molecule has 1 fully saturated rings. The van der Waals surface area contributed by atoms with Gasteiger partial charge in [-0.3, -0.25) is 19.5 Å². The number of hydrogen-bond donors (Lipinski definition) is 1. The number of aromatic amines is 1. The zero-order valence-electron chi connectivity index (χ0n) is 17.3. The highest BCUT2D eigenvalue weighted by Crippen LogP contribution is 2.26. The van der Waals surface area contributed by atoms with Crippen LogP contribution in [0.15, 0.2) is 46.8 Å². The molecule has 0 aliphatic carbocycles. The molecule has 0 radical (unpaired) electrons. The van der Waals surface area contributed by atoms with Crippen LogP contribution in [0.5, 0.6) is 0 Å². The van der Waals surface area contributed by atoms with Crippen molar-refractivity contribution in [2.75, 3.05) is 19.6 Å². The van der Waals surface area contributed by atoms with E-state index in [1.807, 2.05) is 42.0 Å². The van der Waals surface area contributed by atoms with Crippen LogP contribution in [-0.2, 0) is 19.5 Å². The van der Waals surface area contributed by atoms with Gasteiger partial charge < -0.3 is 9.88 Å². The molecular weight excluding hydrogens is 410 g/mol. The maximum Gasteiger partial charge on any atom is 0.264 e. The first-order valence-electron chi connectivity index (χ1n) is 10.7. The van der Waals surface area contributed by atoms with E-state index in [0.717, 1.165) is 44.0 Å². The highest BCUT2D eigenvalue weighted by atomic mass is 32.1. The fourth-order valence-corrected chi connectivity index (χ4v) is 5.23. The Hall–Kier alpha value is -2.84. The number of pyridine rings is 1. The van der Waals surface area contributed by atoms with Crippen LogP contribution < -0.4 is 5.56 Å². The summed E-state index contributed by atoms with van der Waals surface area (Å²) in [4.78, 5) is 42.5. The van der Waals surface area contributed by atoms with Crippen molar-refractivity contribution in [1.29, 1.82) is 0 Å². The van der Waals surface area contributed by atoms with Gasteiger partial charge >= 0.3 is 0 Å². The summed E-state index contributed by atoms with van der Waals surface area (Å²) < 4.78 is 0. The molecule has 1 amide bonds. The summed E-state index contributed by atoms with van der Waals surface area (Å²) in [6.07, 6.45) is 6.38. The minimum absolute atomic E-state index is 0.0110. The topological polar surface area (TPSA) is 82.2 Å². The Morgan fingerprint density at radius 1 is 1.23 bits per heavy atom. The van der Waals surface area contributed by atoms with Crippen molar-refractivity contribution in [3.8, 4) is 0 Å². The number of carbonyl (C=O) groups excluding carboxylic acids is 1. The van der Waals surface area contributed by atoms with E-state index in [2.05, 4.69) is 14.9 Å². The Balaban J connectivity index is 1.31. The van der Waals surface area contributed by atoms with Gasteiger partial charge in [0.2, 0.25) is 0 Å². The van der Waals surface area contributed by atoms with Gasteiger partial charge in [0.15, 0.2) is 0 Å². The van der Waals surface area contributed by atoms with E-state index in [-0.39, 0.29) is 17.4 Å². The third kappa shape index (κ3) is 4.31. The van der Waals surface area contributed by atoms with Gasteiger partial charge in [-0.15, -0.1) is 11.3 Å². The van der Waals surface area contributed by atoms with E-state index >= 15 is 0 Å². The smallest absolute Gasteiger partial charge is 0.264 e. The van der Waals surface area contributed by atoms with Crippen LogP contribution in [-0.4, -0.2) is 50.3 Å². The number of amides is 1. The van der Waals surface area contributed by atoms with E-state index in [1.54, 1.807) is 4.90 Å². The molecule has 0 bridgehead atoms. The number of aromatic nitrogens is 3. The lowest BCUT2D eigenvalue weighted by Crippen LogP contribution is -2.40. The Morgan fingerprint density at radius 3 is 2.90 bits per heavy atom. The molecule has 7 nitrogen and oxygen atoms in total. The molecule has 1 N–H and O–H groups in total. The molecule has 8 heteroatoms. The lowest BCUT2D eigenvalue weighted by atomic mass is 9.96. The molecule has 0 saturated carbocycles. The summed E-state index contributed by atoms with van der Waals surface area (Å²) in [5, 5.41) is 1.90. The quantitative estimate of drug-likeness (QED) is 0.682. The highest BCUT2D eigenvalue weighted by molar-refractivity contribution is 7.12. The molecule has 2 aliphatic heterocycles. The van der Waals surface area contributed by atoms with Crippen LogP contribution in [0, 0.1) is 0 Å². The average Bonchev–Trinajstić information content (AvgIpc) is 3.34. The Bertz CT molecular complexity index is 1110. The zero-order valence-corrected chi connectivity index (χ0v) is 18.1. The molecule has 0 spiro atoms. The fourth-order valence-electron chi connectivity index (χ4n) is 4.54. The third-order valence-electron chi connectivity index (χ3n) is 6.15. The number of nitrogens with one attached hydrogen (secondary N) is 1. The number of nitrogens with zero attached hydrogens (tertiary/aromatic N) is 4. The van der Waals surface area contributed by atoms with E-state index in [4.69, 9.17) is 4.98 Å². The predicted molar refractivity (Wildman–Crippen MR) is 119 cm³/mol. The minimum atomic E-state index is -0.102. The molecule has 1 atom stereocenters. The van der Waals surface area contributed by atoms with Gasteiger partial charge in [-0.2, -0.15) is 0 Å². The number of hydrogen-bond acceptors (Lipinski definition) is 6. The first-order chi connectivity index (χ1) is 15.2.